The molecule has 0 spiro atoms. The van der Waals surface area contributed by atoms with Crippen molar-refractivity contribution in [3.8, 4) is 0 Å². The third-order valence-corrected chi connectivity index (χ3v) is 2.50. The Kier molecular flexibility index (Phi) is 5.24. The third kappa shape index (κ3) is 3.51. The molecule has 0 aliphatic rings. The number of likely N-dealkylation sites (N-methyl/N-ethyl adjacent to an activating group) is 1. The van der Waals surface area contributed by atoms with E-state index in [2.05, 4.69) is 9.97 Å². The predicted octanol–water partition coefficient (Wildman–Crippen LogP) is 1.82. The highest BCUT2D eigenvalue weighted by atomic mass is 35.5. The van der Waals surface area contributed by atoms with Crippen LogP contribution in [0.4, 0.5) is 11.5 Å². The standard InChI is InChI=1S/C10H15ClN4O3/c1-4-18-6-5-14(3)9-8(15(16)17)7(2)12-10(11)13-9/h4-6H2,1-3H3. The van der Waals surface area contributed by atoms with Crippen molar-refractivity contribution in [1.29, 1.82) is 0 Å². The van der Waals surface area contributed by atoms with Gasteiger partial charge in [0.25, 0.3) is 0 Å². The van der Waals surface area contributed by atoms with Gasteiger partial charge < -0.3 is 9.64 Å². The Labute approximate surface area is 110 Å². The average Bonchev–Trinajstić information content (AvgIpc) is 2.27. The van der Waals surface area contributed by atoms with E-state index in [-0.39, 0.29) is 22.5 Å². The van der Waals surface area contributed by atoms with Gasteiger partial charge in [0.05, 0.1) is 11.5 Å². The normalized spacial score (nSPS) is 10.4. The number of hydrogen-bond acceptors (Lipinski definition) is 6. The molecule has 0 aliphatic heterocycles. The highest BCUT2D eigenvalue weighted by molar-refractivity contribution is 6.28. The van der Waals surface area contributed by atoms with Gasteiger partial charge >= 0.3 is 5.69 Å². The average molecular weight is 275 g/mol. The molecule has 0 amide bonds. The van der Waals surface area contributed by atoms with Gasteiger partial charge in [-0.25, -0.2) is 4.98 Å². The number of halogens is 1. The fourth-order valence-electron chi connectivity index (χ4n) is 1.45. The summed E-state index contributed by atoms with van der Waals surface area (Å²) in [5.41, 5.74) is 0.122. The largest absolute Gasteiger partial charge is 0.380 e. The number of aromatic nitrogens is 2. The molecule has 0 aliphatic carbocycles. The monoisotopic (exact) mass is 274 g/mol. The first-order valence-electron chi connectivity index (χ1n) is 5.44. The van der Waals surface area contributed by atoms with Crippen LogP contribution >= 0.6 is 11.6 Å². The van der Waals surface area contributed by atoms with E-state index >= 15 is 0 Å². The highest BCUT2D eigenvalue weighted by Crippen LogP contribution is 2.28. The van der Waals surface area contributed by atoms with Crippen LogP contribution in [0.25, 0.3) is 0 Å². The molecule has 0 N–H and O–H groups in total. The lowest BCUT2D eigenvalue weighted by Gasteiger charge is -2.18. The molecule has 18 heavy (non-hydrogen) atoms. The van der Waals surface area contributed by atoms with Gasteiger partial charge in [-0.3, -0.25) is 10.1 Å². The maximum Gasteiger partial charge on any atom is 0.332 e. The lowest BCUT2D eigenvalue weighted by atomic mass is 10.3. The van der Waals surface area contributed by atoms with Gasteiger partial charge in [-0.15, -0.1) is 0 Å². The molecule has 0 unspecified atom stereocenters. The van der Waals surface area contributed by atoms with Gasteiger partial charge in [0.15, 0.2) is 0 Å². The number of nitrogens with zero attached hydrogens (tertiary/aromatic N) is 4. The summed E-state index contributed by atoms with van der Waals surface area (Å²) in [4.78, 5) is 19.9. The quantitative estimate of drug-likeness (QED) is 0.341. The van der Waals surface area contributed by atoms with Crippen LogP contribution in [0.2, 0.25) is 5.28 Å². The maximum atomic E-state index is 11.0. The second kappa shape index (κ2) is 6.46. The summed E-state index contributed by atoms with van der Waals surface area (Å²) in [6.45, 7) is 4.96. The summed E-state index contributed by atoms with van der Waals surface area (Å²) in [7, 11) is 1.70. The summed E-state index contributed by atoms with van der Waals surface area (Å²) < 4.78 is 5.20. The van der Waals surface area contributed by atoms with Crippen molar-refractivity contribution in [2.45, 2.75) is 13.8 Å². The first kappa shape index (κ1) is 14.6. The number of nitro groups is 1. The van der Waals surface area contributed by atoms with Crippen LogP contribution in [0.1, 0.15) is 12.6 Å². The van der Waals surface area contributed by atoms with Crippen molar-refractivity contribution < 1.29 is 9.66 Å². The fraction of sp³-hybridized carbons (Fsp3) is 0.600. The second-order valence-corrected chi connectivity index (χ2v) is 3.96. The molecule has 0 fully saturated rings. The topological polar surface area (TPSA) is 81.4 Å². The van der Waals surface area contributed by atoms with E-state index in [1.54, 1.807) is 11.9 Å². The molecule has 0 aromatic carbocycles. The van der Waals surface area contributed by atoms with Gasteiger partial charge in [0.1, 0.15) is 5.69 Å². The SMILES string of the molecule is CCOCCN(C)c1nc(Cl)nc(C)c1[N+](=O)[O-]. The van der Waals surface area contributed by atoms with Gasteiger partial charge in [-0.05, 0) is 25.4 Å². The van der Waals surface area contributed by atoms with E-state index in [1.807, 2.05) is 6.92 Å². The van der Waals surface area contributed by atoms with Gasteiger partial charge in [0.2, 0.25) is 11.1 Å². The van der Waals surface area contributed by atoms with Crippen LogP contribution in [0.5, 0.6) is 0 Å². The number of anilines is 1. The first-order chi connectivity index (χ1) is 8.47. The lowest BCUT2D eigenvalue weighted by Crippen LogP contribution is -2.25. The number of aryl methyl sites for hydroxylation is 1. The summed E-state index contributed by atoms with van der Waals surface area (Å²) in [5, 5.41) is 11.0. The van der Waals surface area contributed by atoms with Crippen molar-refractivity contribution in [3.05, 3.63) is 21.1 Å². The molecular weight excluding hydrogens is 260 g/mol. The molecule has 7 nitrogen and oxygen atoms in total. The fourth-order valence-corrected chi connectivity index (χ4v) is 1.66. The van der Waals surface area contributed by atoms with Crippen LogP contribution in [-0.2, 0) is 4.74 Å². The Morgan fingerprint density at radius 1 is 1.50 bits per heavy atom. The second-order valence-electron chi connectivity index (χ2n) is 3.63. The zero-order valence-corrected chi connectivity index (χ0v) is 11.3. The van der Waals surface area contributed by atoms with Crippen LogP contribution in [0.3, 0.4) is 0 Å². The third-order valence-electron chi connectivity index (χ3n) is 2.33. The van der Waals surface area contributed by atoms with Crippen molar-refractivity contribution in [2.75, 3.05) is 31.7 Å². The zero-order chi connectivity index (χ0) is 13.7. The Balaban J connectivity index is 3.02. The smallest absolute Gasteiger partial charge is 0.332 e. The Morgan fingerprint density at radius 2 is 2.17 bits per heavy atom. The molecule has 0 atom stereocenters. The summed E-state index contributed by atoms with van der Waals surface area (Å²) >= 11 is 5.73. The van der Waals surface area contributed by atoms with E-state index in [0.29, 0.717) is 19.8 Å². The van der Waals surface area contributed by atoms with Gasteiger partial charge in [-0.1, -0.05) is 0 Å². The minimum Gasteiger partial charge on any atom is -0.380 e. The van der Waals surface area contributed by atoms with Crippen LogP contribution in [0, 0.1) is 17.0 Å². The molecule has 0 bridgehead atoms. The molecule has 1 aromatic heterocycles. The van der Waals surface area contributed by atoms with E-state index in [0.717, 1.165) is 0 Å². The van der Waals surface area contributed by atoms with Crippen molar-refractivity contribution in [3.63, 3.8) is 0 Å². The van der Waals surface area contributed by atoms with Crippen molar-refractivity contribution in [1.82, 2.24) is 9.97 Å². The van der Waals surface area contributed by atoms with E-state index in [1.165, 1.54) is 6.92 Å². The molecule has 1 rings (SSSR count). The van der Waals surface area contributed by atoms with E-state index in [4.69, 9.17) is 16.3 Å². The highest BCUT2D eigenvalue weighted by Gasteiger charge is 2.24. The summed E-state index contributed by atoms with van der Waals surface area (Å²) in [5.74, 6) is 0.206. The molecule has 0 saturated carbocycles. The minimum atomic E-state index is -0.502. The van der Waals surface area contributed by atoms with Crippen LogP contribution in [0.15, 0.2) is 0 Å². The molecule has 0 saturated heterocycles. The van der Waals surface area contributed by atoms with Crippen LogP contribution in [-0.4, -0.2) is 41.7 Å². The molecule has 1 heterocycles. The van der Waals surface area contributed by atoms with E-state index < -0.39 is 4.92 Å². The van der Waals surface area contributed by atoms with Gasteiger partial charge in [-0.2, -0.15) is 4.98 Å². The maximum absolute atomic E-state index is 11.0. The van der Waals surface area contributed by atoms with Crippen LogP contribution < -0.4 is 4.90 Å². The molecule has 1 aromatic rings. The number of rotatable bonds is 6. The Morgan fingerprint density at radius 3 is 2.72 bits per heavy atom. The summed E-state index contributed by atoms with van der Waals surface area (Å²) in [6, 6.07) is 0. The predicted molar refractivity (Wildman–Crippen MR) is 68.2 cm³/mol. The van der Waals surface area contributed by atoms with E-state index in [9.17, 15) is 10.1 Å². The number of ether oxygens (including phenoxy) is 1. The van der Waals surface area contributed by atoms with Gasteiger partial charge in [0, 0.05) is 20.2 Å². The Hall–Kier alpha value is -1.47. The minimum absolute atomic E-state index is 0.00337. The first-order valence-corrected chi connectivity index (χ1v) is 5.82. The summed E-state index contributed by atoms with van der Waals surface area (Å²) in [6.07, 6.45) is 0. The van der Waals surface area contributed by atoms with Crippen molar-refractivity contribution >= 4 is 23.1 Å². The molecule has 100 valence electrons. The van der Waals surface area contributed by atoms with Crippen molar-refractivity contribution in [2.24, 2.45) is 0 Å². The lowest BCUT2D eigenvalue weighted by molar-refractivity contribution is -0.385. The Bertz CT molecular complexity index is 441. The zero-order valence-electron chi connectivity index (χ0n) is 10.5. The number of hydrogen-bond donors (Lipinski definition) is 0. The molecular formula is C10H15ClN4O3. The molecule has 0 radical (unpaired) electrons. The molecule has 8 heteroatoms.